The molecule has 2 heterocycles. The monoisotopic (exact) mass is 207 g/mol. The summed E-state index contributed by atoms with van der Waals surface area (Å²) in [6, 6.07) is 0. The maximum Gasteiger partial charge on any atom is 0.0601 e. The smallest absolute Gasteiger partial charge is 0.0601 e. The molecule has 15 heavy (non-hydrogen) atoms. The van der Waals surface area contributed by atoms with Gasteiger partial charge in [-0.25, -0.2) is 0 Å². The Bertz CT molecular complexity index is 268. The Morgan fingerprint density at radius 1 is 1.40 bits per heavy atom. The van der Waals surface area contributed by atoms with Crippen molar-refractivity contribution in [3.8, 4) is 11.8 Å². The second-order valence-electron chi connectivity index (χ2n) is 5.24. The molecular formula is C13H21NO. The number of rotatable bonds is 1. The van der Waals surface area contributed by atoms with E-state index in [0.29, 0.717) is 11.3 Å². The fourth-order valence-electron chi connectivity index (χ4n) is 2.50. The summed E-state index contributed by atoms with van der Waals surface area (Å²) in [4.78, 5) is 2.48. The Morgan fingerprint density at radius 2 is 2.27 bits per heavy atom. The summed E-state index contributed by atoms with van der Waals surface area (Å²) in [6.45, 7) is 9.56. The van der Waals surface area contributed by atoms with Gasteiger partial charge in [0.05, 0.1) is 13.2 Å². The molecule has 0 aromatic carbocycles. The first-order valence-corrected chi connectivity index (χ1v) is 5.99. The molecule has 1 unspecified atom stereocenters. The molecule has 0 N–H and O–H groups in total. The molecule has 2 aliphatic rings. The van der Waals surface area contributed by atoms with E-state index in [4.69, 9.17) is 4.74 Å². The Balaban J connectivity index is 1.81. The summed E-state index contributed by atoms with van der Waals surface area (Å²) in [5, 5.41) is 0. The van der Waals surface area contributed by atoms with E-state index in [1.54, 1.807) is 0 Å². The van der Waals surface area contributed by atoms with Gasteiger partial charge in [0.25, 0.3) is 0 Å². The van der Waals surface area contributed by atoms with Crippen molar-refractivity contribution in [2.24, 2.45) is 11.3 Å². The van der Waals surface area contributed by atoms with Crippen LogP contribution >= 0.6 is 0 Å². The van der Waals surface area contributed by atoms with Gasteiger partial charge in [-0.3, -0.25) is 4.90 Å². The molecule has 0 bridgehead atoms. The number of nitrogens with zero attached hydrogens (tertiary/aromatic N) is 1. The Morgan fingerprint density at radius 3 is 2.93 bits per heavy atom. The van der Waals surface area contributed by atoms with Crippen molar-refractivity contribution in [3.63, 3.8) is 0 Å². The normalized spacial score (nSPS) is 31.1. The molecule has 0 aromatic heterocycles. The van der Waals surface area contributed by atoms with Gasteiger partial charge in [0.2, 0.25) is 0 Å². The molecule has 0 aromatic rings. The van der Waals surface area contributed by atoms with Crippen molar-refractivity contribution in [1.82, 2.24) is 4.90 Å². The van der Waals surface area contributed by atoms with Gasteiger partial charge in [-0.2, -0.15) is 0 Å². The summed E-state index contributed by atoms with van der Waals surface area (Å²) in [5.41, 5.74) is 0.486. The molecule has 2 heteroatoms. The van der Waals surface area contributed by atoms with E-state index in [-0.39, 0.29) is 0 Å². The van der Waals surface area contributed by atoms with Gasteiger partial charge in [-0.05, 0) is 19.4 Å². The first-order chi connectivity index (χ1) is 7.20. The predicted molar refractivity (Wildman–Crippen MR) is 61.5 cm³/mol. The number of ether oxygens (including phenoxy) is 1. The Hall–Kier alpha value is -0.520. The standard InChI is InChI=1S/C13H21NO/c1-12(2)4-3-7-14-8-5-13(10-14)6-9-15-11-13/h12H,5-11H2,1-2H3. The fourth-order valence-corrected chi connectivity index (χ4v) is 2.50. The fraction of sp³-hybridized carbons (Fsp3) is 0.846. The Labute approximate surface area is 93.0 Å². The van der Waals surface area contributed by atoms with E-state index < -0.39 is 0 Å². The zero-order chi connectivity index (χ0) is 10.7. The minimum Gasteiger partial charge on any atom is -0.381 e. The van der Waals surface area contributed by atoms with Crippen LogP contribution in [0.15, 0.2) is 0 Å². The molecule has 1 spiro atoms. The van der Waals surface area contributed by atoms with Crippen LogP contribution in [-0.2, 0) is 4.74 Å². The molecule has 0 radical (unpaired) electrons. The van der Waals surface area contributed by atoms with Gasteiger partial charge in [0, 0.05) is 24.5 Å². The van der Waals surface area contributed by atoms with E-state index >= 15 is 0 Å². The highest BCUT2D eigenvalue weighted by Gasteiger charge is 2.40. The first kappa shape index (κ1) is 11.0. The van der Waals surface area contributed by atoms with Crippen LogP contribution in [0.25, 0.3) is 0 Å². The molecule has 0 saturated carbocycles. The van der Waals surface area contributed by atoms with Crippen LogP contribution in [0, 0.1) is 23.2 Å². The lowest BCUT2D eigenvalue weighted by molar-refractivity contribution is 0.153. The highest BCUT2D eigenvalue weighted by molar-refractivity contribution is 5.05. The highest BCUT2D eigenvalue weighted by Crippen LogP contribution is 2.37. The van der Waals surface area contributed by atoms with Crippen molar-refractivity contribution in [2.75, 3.05) is 32.8 Å². The number of likely N-dealkylation sites (tertiary alicyclic amines) is 1. The minimum absolute atomic E-state index is 0.486. The van der Waals surface area contributed by atoms with Gasteiger partial charge in [-0.1, -0.05) is 25.7 Å². The van der Waals surface area contributed by atoms with Crippen molar-refractivity contribution >= 4 is 0 Å². The minimum atomic E-state index is 0.486. The van der Waals surface area contributed by atoms with Crippen LogP contribution in [0.3, 0.4) is 0 Å². The summed E-state index contributed by atoms with van der Waals surface area (Å²) >= 11 is 0. The second-order valence-corrected chi connectivity index (χ2v) is 5.24. The van der Waals surface area contributed by atoms with Crippen molar-refractivity contribution in [1.29, 1.82) is 0 Å². The second kappa shape index (κ2) is 4.55. The van der Waals surface area contributed by atoms with Gasteiger partial charge in [0.1, 0.15) is 0 Å². The summed E-state index contributed by atoms with van der Waals surface area (Å²) in [5.74, 6) is 6.99. The molecule has 2 fully saturated rings. The highest BCUT2D eigenvalue weighted by atomic mass is 16.5. The van der Waals surface area contributed by atoms with E-state index in [1.807, 2.05) is 0 Å². The molecule has 0 aliphatic carbocycles. The van der Waals surface area contributed by atoms with Gasteiger partial charge in [0.15, 0.2) is 0 Å². The molecule has 2 aliphatic heterocycles. The SMILES string of the molecule is CC(C)C#CCN1CCC2(CCOC2)C1. The van der Waals surface area contributed by atoms with Gasteiger partial charge >= 0.3 is 0 Å². The lowest BCUT2D eigenvalue weighted by Gasteiger charge is -2.20. The van der Waals surface area contributed by atoms with E-state index in [9.17, 15) is 0 Å². The topological polar surface area (TPSA) is 12.5 Å². The van der Waals surface area contributed by atoms with E-state index in [2.05, 4.69) is 30.6 Å². The average Bonchev–Trinajstić information content (AvgIpc) is 2.78. The third-order valence-corrected chi connectivity index (χ3v) is 3.40. The maximum atomic E-state index is 5.51. The number of hydrogen-bond acceptors (Lipinski definition) is 2. The van der Waals surface area contributed by atoms with Crippen LogP contribution in [0.4, 0.5) is 0 Å². The number of hydrogen-bond donors (Lipinski definition) is 0. The van der Waals surface area contributed by atoms with Crippen LogP contribution in [0.5, 0.6) is 0 Å². The van der Waals surface area contributed by atoms with E-state index in [0.717, 1.165) is 19.8 Å². The lowest BCUT2D eigenvalue weighted by atomic mass is 9.87. The third kappa shape index (κ3) is 2.74. The Kier molecular flexibility index (Phi) is 3.33. The van der Waals surface area contributed by atoms with Crippen LogP contribution < -0.4 is 0 Å². The molecule has 2 nitrogen and oxygen atoms in total. The summed E-state index contributed by atoms with van der Waals surface area (Å²) in [7, 11) is 0. The third-order valence-electron chi connectivity index (χ3n) is 3.40. The van der Waals surface area contributed by atoms with Gasteiger partial charge in [-0.15, -0.1) is 0 Å². The molecule has 2 saturated heterocycles. The van der Waals surface area contributed by atoms with Gasteiger partial charge < -0.3 is 4.74 Å². The molecule has 84 valence electrons. The van der Waals surface area contributed by atoms with Crippen molar-refractivity contribution < 1.29 is 4.74 Å². The van der Waals surface area contributed by atoms with E-state index in [1.165, 1.54) is 25.9 Å². The summed E-state index contributed by atoms with van der Waals surface area (Å²) in [6.07, 6.45) is 2.55. The van der Waals surface area contributed by atoms with Crippen LogP contribution in [0.1, 0.15) is 26.7 Å². The quantitative estimate of drug-likeness (QED) is 0.607. The van der Waals surface area contributed by atoms with Crippen LogP contribution in [0.2, 0.25) is 0 Å². The van der Waals surface area contributed by atoms with Crippen LogP contribution in [-0.4, -0.2) is 37.7 Å². The predicted octanol–water partition coefficient (Wildman–Crippen LogP) is 1.76. The maximum absolute atomic E-state index is 5.51. The molecule has 2 rings (SSSR count). The lowest BCUT2D eigenvalue weighted by Crippen LogP contribution is -2.27. The molecule has 0 amide bonds. The molecule has 1 atom stereocenters. The zero-order valence-electron chi connectivity index (χ0n) is 9.88. The molecular weight excluding hydrogens is 186 g/mol. The van der Waals surface area contributed by atoms with Crippen molar-refractivity contribution in [3.05, 3.63) is 0 Å². The first-order valence-electron chi connectivity index (χ1n) is 5.99. The average molecular weight is 207 g/mol. The largest absolute Gasteiger partial charge is 0.381 e. The van der Waals surface area contributed by atoms with Crippen molar-refractivity contribution in [2.45, 2.75) is 26.7 Å². The summed E-state index contributed by atoms with van der Waals surface area (Å²) < 4.78 is 5.51. The zero-order valence-corrected chi connectivity index (χ0v) is 9.88.